The summed E-state index contributed by atoms with van der Waals surface area (Å²) >= 11 is 18.0. The normalized spacial score (nSPS) is 24.2. The van der Waals surface area contributed by atoms with Crippen LogP contribution in [0.3, 0.4) is 0 Å². The first-order valence-corrected chi connectivity index (χ1v) is 9.53. The lowest BCUT2D eigenvalue weighted by Gasteiger charge is -2.34. The number of nitrogens with zero attached hydrogens (tertiary/aromatic N) is 1. The lowest BCUT2D eigenvalue weighted by atomic mass is 9.94. The molecular weight excluding hydrogens is 353 g/mol. The Morgan fingerprint density at radius 1 is 1.19 bits per heavy atom. The number of alkyl halides is 1. The molecule has 7 heteroatoms. The Morgan fingerprint density at radius 2 is 1.76 bits per heavy atom. The van der Waals surface area contributed by atoms with Crippen molar-refractivity contribution in [2.45, 2.75) is 31.0 Å². The van der Waals surface area contributed by atoms with Crippen molar-refractivity contribution in [2.24, 2.45) is 11.8 Å². The van der Waals surface area contributed by atoms with Crippen LogP contribution in [0.2, 0.25) is 10.0 Å². The molecule has 0 N–H and O–H groups in total. The molecule has 1 saturated heterocycles. The molecule has 0 aliphatic carbocycles. The molecule has 2 rings (SSSR count). The fraction of sp³-hybridized carbons (Fsp3) is 0.571. The van der Waals surface area contributed by atoms with Crippen molar-refractivity contribution < 1.29 is 8.42 Å². The molecule has 1 aliphatic heterocycles. The number of benzene rings is 1. The highest BCUT2D eigenvalue weighted by molar-refractivity contribution is 7.89. The third-order valence-electron chi connectivity index (χ3n) is 3.74. The summed E-state index contributed by atoms with van der Waals surface area (Å²) < 4.78 is 27.2. The van der Waals surface area contributed by atoms with Crippen LogP contribution < -0.4 is 0 Å². The molecule has 0 saturated carbocycles. The van der Waals surface area contributed by atoms with Gasteiger partial charge in [-0.05, 0) is 30.4 Å². The zero-order valence-corrected chi connectivity index (χ0v) is 15.0. The summed E-state index contributed by atoms with van der Waals surface area (Å²) in [6.45, 7) is 5.15. The summed E-state index contributed by atoms with van der Waals surface area (Å²) in [5.41, 5.74) is 0.458. The lowest BCUT2D eigenvalue weighted by molar-refractivity contribution is 0.222. The Kier molecular flexibility index (Phi) is 5.48. The van der Waals surface area contributed by atoms with Gasteiger partial charge in [-0.25, -0.2) is 8.42 Å². The number of hydrogen-bond acceptors (Lipinski definition) is 2. The molecule has 0 spiro atoms. The van der Waals surface area contributed by atoms with E-state index in [9.17, 15) is 8.42 Å². The average molecular weight is 371 g/mol. The minimum atomic E-state index is -3.62. The molecule has 1 aliphatic rings. The predicted octanol–water partition coefficient (Wildman–Crippen LogP) is 4.40. The van der Waals surface area contributed by atoms with E-state index in [1.807, 2.05) is 0 Å². The van der Waals surface area contributed by atoms with Crippen molar-refractivity contribution in [3.05, 3.63) is 27.7 Å². The van der Waals surface area contributed by atoms with E-state index < -0.39 is 10.0 Å². The molecule has 2 atom stereocenters. The molecule has 0 amide bonds. The largest absolute Gasteiger partial charge is 0.244 e. The first-order valence-electron chi connectivity index (χ1n) is 6.80. The second kappa shape index (κ2) is 6.63. The number of piperidine rings is 1. The van der Waals surface area contributed by atoms with Gasteiger partial charge in [0.2, 0.25) is 10.0 Å². The fourth-order valence-corrected chi connectivity index (χ4v) is 5.82. The lowest BCUT2D eigenvalue weighted by Crippen LogP contribution is -2.42. The van der Waals surface area contributed by atoms with E-state index in [0.717, 1.165) is 6.42 Å². The molecule has 1 fully saturated rings. The zero-order chi connectivity index (χ0) is 15.8. The maximum atomic E-state index is 12.8. The van der Waals surface area contributed by atoms with Gasteiger partial charge in [-0.15, -0.1) is 11.6 Å². The fourth-order valence-electron chi connectivity index (χ4n) is 2.84. The van der Waals surface area contributed by atoms with Crippen LogP contribution in [0.5, 0.6) is 0 Å². The Hall–Kier alpha value is -0.000000000000000167. The summed E-state index contributed by atoms with van der Waals surface area (Å²) in [6, 6.07) is 2.99. The van der Waals surface area contributed by atoms with Crippen molar-refractivity contribution in [3.63, 3.8) is 0 Å². The molecule has 118 valence electrons. The van der Waals surface area contributed by atoms with Crippen molar-refractivity contribution in [2.75, 3.05) is 13.1 Å². The maximum absolute atomic E-state index is 12.8. The highest BCUT2D eigenvalue weighted by Crippen LogP contribution is 2.35. The Balaban J connectivity index is 2.45. The smallest absolute Gasteiger partial charge is 0.207 e. The average Bonchev–Trinajstić information content (AvgIpc) is 2.37. The topological polar surface area (TPSA) is 37.4 Å². The van der Waals surface area contributed by atoms with Gasteiger partial charge < -0.3 is 0 Å². The monoisotopic (exact) mass is 369 g/mol. The van der Waals surface area contributed by atoms with E-state index >= 15 is 0 Å². The number of hydrogen-bond donors (Lipinski definition) is 0. The van der Waals surface area contributed by atoms with E-state index in [1.165, 1.54) is 16.4 Å². The van der Waals surface area contributed by atoms with Gasteiger partial charge in [-0.2, -0.15) is 4.31 Å². The van der Waals surface area contributed by atoms with Crippen LogP contribution >= 0.6 is 34.8 Å². The van der Waals surface area contributed by atoms with Crippen molar-refractivity contribution in [1.29, 1.82) is 0 Å². The van der Waals surface area contributed by atoms with Crippen LogP contribution in [0.25, 0.3) is 0 Å². The molecular formula is C14H18Cl3NO2S. The van der Waals surface area contributed by atoms with E-state index in [2.05, 4.69) is 13.8 Å². The third kappa shape index (κ3) is 3.50. The highest BCUT2D eigenvalue weighted by Gasteiger charge is 2.33. The third-order valence-corrected chi connectivity index (χ3v) is 6.78. The van der Waals surface area contributed by atoms with Gasteiger partial charge in [-0.3, -0.25) is 0 Å². The minimum absolute atomic E-state index is 0.0772. The first-order chi connectivity index (χ1) is 9.77. The van der Waals surface area contributed by atoms with Crippen LogP contribution in [0.4, 0.5) is 0 Å². The molecule has 0 radical (unpaired) electrons. The summed E-state index contributed by atoms with van der Waals surface area (Å²) in [5.74, 6) is 0.748. The number of halogens is 3. The zero-order valence-electron chi connectivity index (χ0n) is 11.9. The van der Waals surface area contributed by atoms with Gasteiger partial charge in [0.25, 0.3) is 0 Å². The Labute approximate surface area is 141 Å². The summed E-state index contributed by atoms with van der Waals surface area (Å²) in [6.07, 6.45) is 1.04. The number of rotatable bonds is 3. The van der Waals surface area contributed by atoms with Gasteiger partial charge >= 0.3 is 0 Å². The van der Waals surface area contributed by atoms with Crippen LogP contribution in [0.15, 0.2) is 17.0 Å². The quantitative estimate of drug-likeness (QED) is 0.740. The van der Waals surface area contributed by atoms with Crippen molar-refractivity contribution in [3.8, 4) is 0 Å². The second-order valence-electron chi connectivity index (χ2n) is 5.74. The summed E-state index contributed by atoms with van der Waals surface area (Å²) in [5, 5.41) is 0.512. The summed E-state index contributed by atoms with van der Waals surface area (Å²) in [7, 11) is -3.62. The van der Waals surface area contributed by atoms with E-state index in [-0.39, 0.29) is 15.8 Å². The van der Waals surface area contributed by atoms with Gasteiger partial charge in [0, 0.05) is 23.7 Å². The van der Waals surface area contributed by atoms with Crippen LogP contribution in [-0.2, 0) is 15.9 Å². The van der Waals surface area contributed by atoms with Crippen LogP contribution in [0, 0.1) is 11.8 Å². The van der Waals surface area contributed by atoms with Crippen LogP contribution in [0.1, 0.15) is 25.8 Å². The second-order valence-corrected chi connectivity index (χ2v) is 8.70. The van der Waals surface area contributed by atoms with Crippen molar-refractivity contribution >= 4 is 44.8 Å². The van der Waals surface area contributed by atoms with E-state index in [1.54, 1.807) is 0 Å². The predicted molar refractivity (Wildman–Crippen MR) is 87.7 cm³/mol. The molecule has 3 nitrogen and oxygen atoms in total. The van der Waals surface area contributed by atoms with E-state index in [4.69, 9.17) is 34.8 Å². The molecule has 0 aromatic heterocycles. The molecule has 1 heterocycles. The van der Waals surface area contributed by atoms with Crippen LogP contribution in [-0.4, -0.2) is 25.8 Å². The molecule has 21 heavy (non-hydrogen) atoms. The molecule has 1 aromatic rings. The SMILES string of the molecule is CC1CC(C)CN(S(=O)(=O)c2ccc(Cl)c(CCl)c2Cl)C1. The van der Waals surface area contributed by atoms with Crippen molar-refractivity contribution in [1.82, 2.24) is 4.31 Å². The van der Waals surface area contributed by atoms with Gasteiger partial charge in [0.1, 0.15) is 4.90 Å². The standard InChI is InChI=1S/C14H18Cl3NO2S/c1-9-5-10(2)8-18(7-9)21(19,20)13-4-3-12(16)11(6-15)14(13)17/h3-4,9-10H,5-8H2,1-2H3. The molecule has 2 unspecified atom stereocenters. The maximum Gasteiger partial charge on any atom is 0.244 e. The first kappa shape index (κ1) is 17.4. The van der Waals surface area contributed by atoms with E-state index in [0.29, 0.717) is 35.5 Å². The molecule has 1 aromatic carbocycles. The molecule has 0 bridgehead atoms. The Morgan fingerprint density at radius 3 is 2.29 bits per heavy atom. The number of sulfonamides is 1. The van der Waals surface area contributed by atoms with Gasteiger partial charge in [0.05, 0.1) is 10.9 Å². The van der Waals surface area contributed by atoms with Gasteiger partial charge in [-0.1, -0.05) is 37.0 Å². The Bertz CT molecular complexity index is 623. The van der Waals surface area contributed by atoms with Gasteiger partial charge in [0.15, 0.2) is 0 Å². The summed E-state index contributed by atoms with van der Waals surface area (Å²) in [4.78, 5) is 0.0884. The highest BCUT2D eigenvalue weighted by atomic mass is 35.5. The minimum Gasteiger partial charge on any atom is -0.207 e.